The second-order valence-corrected chi connectivity index (χ2v) is 18.5. The molecule has 4 atom stereocenters. The smallest absolute Gasteiger partial charge is 0.142 e. The first-order chi connectivity index (χ1) is 31.1. The van der Waals surface area contributed by atoms with Crippen LogP contribution in [0.1, 0.15) is 178 Å². The van der Waals surface area contributed by atoms with Crippen molar-refractivity contribution in [3.8, 4) is 28.7 Å². The minimum atomic E-state index is 0.123. The molecule has 3 N–H and O–H groups in total. The number of amidine groups is 1. The van der Waals surface area contributed by atoms with Crippen molar-refractivity contribution in [2.24, 2.45) is 28.7 Å². The Bertz CT molecular complexity index is 2080. The normalized spacial score (nSPS) is 17.7. The summed E-state index contributed by atoms with van der Waals surface area (Å²) in [6.45, 7) is 18.6. The number of unbranched alkanes of at least 4 members (excludes halogenated alkanes) is 3. The zero-order valence-electron chi connectivity index (χ0n) is 41.1. The van der Waals surface area contributed by atoms with E-state index in [4.69, 9.17) is 19.2 Å². The highest BCUT2D eigenvalue weighted by Gasteiger charge is 2.26. The lowest BCUT2D eigenvalue weighted by Gasteiger charge is -2.23. The first-order valence-corrected chi connectivity index (χ1v) is 25.2. The van der Waals surface area contributed by atoms with E-state index in [1.165, 1.54) is 50.5 Å². The molecule has 1 heterocycles. The van der Waals surface area contributed by atoms with Crippen LogP contribution in [-0.4, -0.2) is 36.4 Å². The summed E-state index contributed by atoms with van der Waals surface area (Å²) < 4.78 is 18.6. The maximum atomic E-state index is 12.2. The Morgan fingerprint density at radius 3 is 1.83 bits per heavy atom. The molecule has 7 heteroatoms. The second-order valence-electron chi connectivity index (χ2n) is 18.5. The number of aromatic hydroxyl groups is 2. The molecule has 3 aromatic carbocycles. The molecule has 64 heavy (non-hydrogen) atoms. The van der Waals surface area contributed by atoms with Crippen LogP contribution in [0.2, 0.25) is 0 Å². The largest absolute Gasteiger partial charge is 0.507 e. The number of nitrogens with zero attached hydrogens (tertiary/aromatic N) is 1. The molecule has 0 spiro atoms. The van der Waals surface area contributed by atoms with Crippen molar-refractivity contribution in [2.45, 2.75) is 165 Å². The summed E-state index contributed by atoms with van der Waals surface area (Å²) in [7, 11) is 1.73. The molecule has 350 valence electrons. The Labute approximate surface area is 387 Å². The number of ether oxygens (including phenoxy) is 3. The number of methoxy groups -OCH3 is 1. The van der Waals surface area contributed by atoms with Gasteiger partial charge in [-0.3, -0.25) is 0 Å². The van der Waals surface area contributed by atoms with Gasteiger partial charge in [0, 0.05) is 28.0 Å². The number of phenols is 2. The van der Waals surface area contributed by atoms with Gasteiger partial charge >= 0.3 is 0 Å². The topological polar surface area (TPSA) is 92.5 Å². The molecule has 4 unspecified atom stereocenters. The van der Waals surface area contributed by atoms with Crippen LogP contribution in [0.5, 0.6) is 28.7 Å². The number of aliphatic imine (C=N–C) groups is 1. The molecular formula is C57H82N2O5. The monoisotopic (exact) mass is 875 g/mol. The van der Waals surface area contributed by atoms with Gasteiger partial charge in [-0.1, -0.05) is 130 Å². The van der Waals surface area contributed by atoms with Crippen molar-refractivity contribution >= 4 is 17.1 Å². The van der Waals surface area contributed by atoms with Gasteiger partial charge in [-0.25, -0.2) is 4.99 Å². The Hall–Kier alpha value is -4.65. The molecule has 1 aliphatic heterocycles. The van der Waals surface area contributed by atoms with Crippen LogP contribution in [0.25, 0.3) is 11.3 Å². The predicted octanol–water partition coefficient (Wildman–Crippen LogP) is 15.2. The van der Waals surface area contributed by atoms with Gasteiger partial charge in [0.15, 0.2) is 0 Å². The second kappa shape index (κ2) is 25.7. The van der Waals surface area contributed by atoms with Crippen molar-refractivity contribution < 1.29 is 24.4 Å². The summed E-state index contributed by atoms with van der Waals surface area (Å²) in [6.07, 6.45) is 25.6. The van der Waals surface area contributed by atoms with Crippen LogP contribution in [0.15, 0.2) is 71.4 Å². The minimum Gasteiger partial charge on any atom is -0.507 e. The van der Waals surface area contributed by atoms with Crippen molar-refractivity contribution in [3.05, 3.63) is 99.8 Å². The summed E-state index contributed by atoms with van der Waals surface area (Å²) in [5.41, 5.74) is 7.75. The SMILES string of the molecule is CCCCC(CC)COc1ccc(C2=CCC/C=C(/C3=CC(CC(CC)CCCC)CCc4ccc(OC)cc43)NC(c3ccc(OCC(CC)CCCC)c(C)c3O)=N2)c(O)c1C. The fourth-order valence-electron chi connectivity index (χ4n) is 9.31. The summed E-state index contributed by atoms with van der Waals surface area (Å²) in [6, 6.07) is 14.3. The van der Waals surface area contributed by atoms with Crippen molar-refractivity contribution in [1.29, 1.82) is 0 Å². The fourth-order valence-corrected chi connectivity index (χ4v) is 9.31. The Balaban J connectivity index is 1.61. The molecule has 0 saturated heterocycles. The zero-order valence-corrected chi connectivity index (χ0v) is 41.1. The fraction of sp³-hybridized carbons (Fsp3) is 0.561. The number of allylic oxidation sites excluding steroid dienone is 4. The van der Waals surface area contributed by atoms with E-state index < -0.39 is 0 Å². The number of nitrogens with one attached hydrogen (secondary N) is 1. The lowest BCUT2D eigenvalue weighted by molar-refractivity contribution is 0.231. The summed E-state index contributed by atoms with van der Waals surface area (Å²) in [4.78, 5) is 5.39. The number of fused-ring (bicyclic) bond motifs is 1. The highest BCUT2D eigenvalue weighted by Crippen LogP contribution is 2.41. The number of aryl methyl sites for hydroxylation is 1. The lowest BCUT2D eigenvalue weighted by Crippen LogP contribution is -2.25. The van der Waals surface area contributed by atoms with Crippen LogP contribution in [0, 0.1) is 37.5 Å². The van der Waals surface area contributed by atoms with Gasteiger partial charge in [0.2, 0.25) is 0 Å². The molecular weight excluding hydrogens is 793 g/mol. The Kier molecular flexibility index (Phi) is 20.2. The average Bonchev–Trinajstić information content (AvgIpc) is 3.41. The molecule has 0 bridgehead atoms. The van der Waals surface area contributed by atoms with Crippen LogP contribution in [0.3, 0.4) is 0 Å². The van der Waals surface area contributed by atoms with Gasteiger partial charge in [-0.05, 0) is 130 Å². The minimum absolute atomic E-state index is 0.123. The van der Waals surface area contributed by atoms with E-state index in [1.807, 2.05) is 38.1 Å². The van der Waals surface area contributed by atoms with E-state index >= 15 is 0 Å². The molecule has 0 amide bonds. The maximum absolute atomic E-state index is 12.2. The lowest BCUT2D eigenvalue weighted by atomic mass is 9.85. The zero-order chi connectivity index (χ0) is 46.0. The maximum Gasteiger partial charge on any atom is 0.142 e. The van der Waals surface area contributed by atoms with E-state index in [0.29, 0.717) is 88.6 Å². The molecule has 1 aliphatic carbocycles. The highest BCUT2D eigenvalue weighted by atomic mass is 16.5. The molecule has 0 radical (unpaired) electrons. The predicted molar refractivity (Wildman–Crippen MR) is 269 cm³/mol. The summed E-state index contributed by atoms with van der Waals surface area (Å²) >= 11 is 0. The summed E-state index contributed by atoms with van der Waals surface area (Å²) in [5, 5.41) is 27.9. The number of phenolic OH excluding ortho intramolecular Hbond substituents is 2. The van der Waals surface area contributed by atoms with Gasteiger partial charge in [-0.2, -0.15) is 0 Å². The van der Waals surface area contributed by atoms with Crippen molar-refractivity contribution in [2.75, 3.05) is 20.3 Å². The highest BCUT2D eigenvalue weighted by molar-refractivity contribution is 6.07. The van der Waals surface area contributed by atoms with E-state index in [1.54, 1.807) is 7.11 Å². The molecule has 2 aliphatic rings. The average molecular weight is 875 g/mol. The number of hydrogen-bond donors (Lipinski definition) is 3. The van der Waals surface area contributed by atoms with Gasteiger partial charge in [0.1, 0.15) is 34.6 Å². The molecule has 5 rings (SSSR count). The molecule has 3 aromatic rings. The quantitative estimate of drug-likeness (QED) is 0.0830. The van der Waals surface area contributed by atoms with Crippen molar-refractivity contribution in [3.63, 3.8) is 0 Å². The first kappa shape index (κ1) is 50.4. The van der Waals surface area contributed by atoms with Crippen molar-refractivity contribution in [1.82, 2.24) is 5.32 Å². The molecule has 0 aromatic heterocycles. The van der Waals surface area contributed by atoms with E-state index in [9.17, 15) is 10.2 Å². The van der Waals surface area contributed by atoms with Gasteiger partial charge in [0.05, 0.1) is 31.6 Å². The van der Waals surface area contributed by atoms with Gasteiger partial charge in [0.25, 0.3) is 0 Å². The Morgan fingerprint density at radius 1 is 0.688 bits per heavy atom. The van der Waals surface area contributed by atoms with Gasteiger partial charge in [-0.15, -0.1) is 0 Å². The van der Waals surface area contributed by atoms with Crippen LogP contribution in [0.4, 0.5) is 0 Å². The number of rotatable bonds is 24. The third-order valence-corrected chi connectivity index (χ3v) is 13.9. The number of benzene rings is 3. The van der Waals surface area contributed by atoms with Crippen LogP contribution in [-0.2, 0) is 6.42 Å². The van der Waals surface area contributed by atoms with Crippen LogP contribution < -0.4 is 19.5 Å². The van der Waals surface area contributed by atoms with Gasteiger partial charge < -0.3 is 29.7 Å². The summed E-state index contributed by atoms with van der Waals surface area (Å²) in [5.74, 6) is 4.98. The third-order valence-electron chi connectivity index (χ3n) is 13.9. The Morgan fingerprint density at radius 2 is 1.25 bits per heavy atom. The molecule has 7 nitrogen and oxygen atoms in total. The van der Waals surface area contributed by atoms with E-state index in [0.717, 1.165) is 80.4 Å². The van der Waals surface area contributed by atoms with E-state index in [2.05, 4.69) is 83.3 Å². The first-order valence-electron chi connectivity index (χ1n) is 25.2. The number of hydrogen-bond acceptors (Lipinski definition) is 7. The van der Waals surface area contributed by atoms with E-state index in [-0.39, 0.29) is 11.5 Å². The molecule has 0 saturated carbocycles. The third kappa shape index (κ3) is 13.5. The molecule has 0 fully saturated rings. The van der Waals surface area contributed by atoms with Crippen LogP contribution >= 0.6 is 0 Å². The standard InChI is InChI=1S/C57H82N2O5/c1-10-16-21-41(13-4)34-44-26-27-45-28-29-46(62-9)36-49(45)50(35-44)52-25-20-19-24-51(47-30-32-53(39(7)55(47)60)63-37-42(14-5)22-17-11-2)58-57(59-52)48-31-33-54(40(8)56(48)61)64-38-43(15-6)23-18-12-3/h24-25,28-33,35-36,41-44,60-61H,10-23,26-27,34,37-38H2,1-9H3,(H,58,59)/b51-24?,52-25-.